The van der Waals surface area contributed by atoms with E-state index in [1.807, 2.05) is 6.92 Å². The maximum atomic E-state index is 10.9. The third-order valence-electron chi connectivity index (χ3n) is 1.99. The summed E-state index contributed by atoms with van der Waals surface area (Å²) in [6.07, 6.45) is 4.17. The Morgan fingerprint density at radius 2 is 1.88 bits per heavy atom. The fourth-order valence-electron chi connectivity index (χ4n) is 1.10. The number of esters is 2. The first kappa shape index (κ1) is 14.4. The van der Waals surface area contributed by atoms with E-state index in [1.165, 1.54) is 0 Å². The first-order valence-electron chi connectivity index (χ1n) is 5.26. The number of carbonyl (C=O) groups is 2. The standard InChI is InChI=1S/C12H18O4/c1-4-10(16-12(14)6-3)8-7-9-15-11(13)5-2/h5-6,10H,2-4,7-9H2,1H3. The molecular weight excluding hydrogens is 208 g/mol. The second-order valence-corrected chi connectivity index (χ2v) is 3.19. The maximum Gasteiger partial charge on any atom is 0.330 e. The van der Waals surface area contributed by atoms with Crippen molar-refractivity contribution in [3.8, 4) is 0 Å². The molecule has 0 spiro atoms. The summed E-state index contributed by atoms with van der Waals surface area (Å²) in [7, 11) is 0. The molecule has 0 aromatic heterocycles. The Kier molecular flexibility index (Phi) is 7.85. The van der Waals surface area contributed by atoms with Gasteiger partial charge in [-0.2, -0.15) is 0 Å². The summed E-state index contributed by atoms with van der Waals surface area (Å²) in [5.74, 6) is -0.855. The van der Waals surface area contributed by atoms with Gasteiger partial charge in [0.05, 0.1) is 6.61 Å². The van der Waals surface area contributed by atoms with Crippen LogP contribution in [0.25, 0.3) is 0 Å². The van der Waals surface area contributed by atoms with E-state index in [1.54, 1.807) is 0 Å². The summed E-state index contributed by atoms with van der Waals surface area (Å²) in [5, 5.41) is 0. The van der Waals surface area contributed by atoms with Gasteiger partial charge in [-0.25, -0.2) is 9.59 Å². The van der Waals surface area contributed by atoms with Gasteiger partial charge >= 0.3 is 11.9 Å². The minimum Gasteiger partial charge on any atom is -0.463 e. The molecule has 0 fully saturated rings. The Balaban J connectivity index is 3.70. The van der Waals surface area contributed by atoms with Gasteiger partial charge in [0.25, 0.3) is 0 Å². The van der Waals surface area contributed by atoms with Crippen molar-refractivity contribution >= 4 is 11.9 Å². The number of ether oxygens (including phenoxy) is 2. The van der Waals surface area contributed by atoms with Crippen molar-refractivity contribution in [2.75, 3.05) is 6.61 Å². The second-order valence-electron chi connectivity index (χ2n) is 3.19. The monoisotopic (exact) mass is 226 g/mol. The van der Waals surface area contributed by atoms with Crippen LogP contribution in [0.4, 0.5) is 0 Å². The summed E-state index contributed by atoms with van der Waals surface area (Å²) in [5.41, 5.74) is 0. The summed E-state index contributed by atoms with van der Waals surface area (Å²) in [6.45, 7) is 8.85. The number of rotatable bonds is 8. The molecule has 4 nitrogen and oxygen atoms in total. The van der Waals surface area contributed by atoms with E-state index >= 15 is 0 Å². The molecule has 1 unspecified atom stereocenters. The average Bonchev–Trinajstić information content (AvgIpc) is 2.32. The zero-order valence-corrected chi connectivity index (χ0v) is 9.61. The third kappa shape index (κ3) is 6.81. The highest BCUT2D eigenvalue weighted by molar-refractivity contribution is 5.81. The van der Waals surface area contributed by atoms with Gasteiger partial charge in [0, 0.05) is 12.2 Å². The van der Waals surface area contributed by atoms with Gasteiger partial charge in [0.2, 0.25) is 0 Å². The molecule has 0 aliphatic carbocycles. The van der Waals surface area contributed by atoms with E-state index in [2.05, 4.69) is 13.2 Å². The third-order valence-corrected chi connectivity index (χ3v) is 1.99. The van der Waals surface area contributed by atoms with Crippen molar-refractivity contribution in [1.29, 1.82) is 0 Å². The summed E-state index contributed by atoms with van der Waals surface area (Å²) >= 11 is 0. The Morgan fingerprint density at radius 1 is 1.25 bits per heavy atom. The molecule has 1 atom stereocenters. The van der Waals surface area contributed by atoms with E-state index < -0.39 is 11.9 Å². The molecule has 0 rings (SSSR count). The van der Waals surface area contributed by atoms with Crippen molar-refractivity contribution in [2.45, 2.75) is 32.3 Å². The molecule has 0 aliphatic heterocycles. The van der Waals surface area contributed by atoms with E-state index in [-0.39, 0.29) is 6.10 Å². The van der Waals surface area contributed by atoms with Crippen LogP contribution in [0, 0.1) is 0 Å². The predicted octanol–water partition coefficient (Wildman–Crippen LogP) is 2.00. The van der Waals surface area contributed by atoms with Gasteiger partial charge in [-0.3, -0.25) is 0 Å². The van der Waals surface area contributed by atoms with Crippen molar-refractivity contribution < 1.29 is 19.1 Å². The van der Waals surface area contributed by atoms with E-state index in [9.17, 15) is 9.59 Å². The first-order chi connectivity index (χ1) is 7.63. The quantitative estimate of drug-likeness (QED) is 0.361. The Morgan fingerprint density at radius 3 is 2.38 bits per heavy atom. The molecule has 0 heterocycles. The molecule has 0 aromatic carbocycles. The van der Waals surface area contributed by atoms with Gasteiger partial charge in [0.1, 0.15) is 6.10 Å². The van der Waals surface area contributed by atoms with Crippen LogP contribution in [-0.4, -0.2) is 24.6 Å². The van der Waals surface area contributed by atoms with Gasteiger partial charge < -0.3 is 9.47 Å². The average molecular weight is 226 g/mol. The highest BCUT2D eigenvalue weighted by Gasteiger charge is 2.10. The lowest BCUT2D eigenvalue weighted by molar-refractivity contribution is -0.144. The van der Waals surface area contributed by atoms with Crippen LogP contribution in [0.5, 0.6) is 0 Å². The van der Waals surface area contributed by atoms with Gasteiger partial charge in [-0.1, -0.05) is 20.1 Å². The lowest BCUT2D eigenvalue weighted by Gasteiger charge is -2.14. The smallest absolute Gasteiger partial charge is 0.330 e. The van der Waals surface area contributed by atoms with E-state index in [4.69, 9.17) is 9.47 Å². The van der Waals surface area contributed by atoms with Crippen LogP contribution in [-0.2, 0) is 19.1 Å². The second kappa shape index (κ2) is 8.71. The van der Waals surface area contributed by atoms with Crippen molar-refractivity contribution in [2.24, 2.45) is 0 Å². The zero-order chi connectivity index (χ0) is 12.4. The number of hydrogen-bond donors (Lipinski definition) is 0. The number of hydrogen-bond acceptors (Lipinski definition) is 4. The SMILES string of the molecule is C=CC(=O)OCCCC(CC)OC(=O)C=C. The van der Waals surface area contributed by atoms with Crippen LogP contribution in [0.2, 0.25) is 0 Å². The molecule has 90 valence electrons. The van der Waals surface area contributed by atoms with Crippen LogP contribution in [0.3, 0.4) is 0 Å². The fourth-order valence-corrected chi connectivity index (χ4v) is 1.10. The lowest BCUT2D eigenvalue weighted by Crippen LogP contribution is -2.16. The summed E-state index contributed by atoms with van der Waals surface area (Å²) in [4.78, 5) is 21.6. The maximum absolute atomic E-state index is 10.9. The van der Waals surface area contributed by atoms with Crippen LogP contribution in [0.1, 0.15) is 26.2 Å². The molecule has 0 saturated carbocycles. The first-order valence-corrected chi connectivity index (χ1v) is 5.26. The van der Waals surface area contributed by atoms with Crippen molar-refractivity contribution in [1.82, 2.24) is 0 Å². The van der Waals surface area contributed by atoms with Crippen LogP contribution in [0.15, 0.2) is 25.3 Å². The van der Waals surface area contributed by atoms with Gasteiger partial charge in [0.15, 0.2) is 0 Å². The highest BCUT2D eigenvalue weighted by Crippen LogP contribution is 2.07. The van der Waals surface area contributed by atoms with Crippen molar-refractivity contribution in [3.05, 3.63) is 25.3 Å². The largest absolute Gasteiger partial charge is 0.463 e. The predicted molar refractivity (Wildman–Crippen MR) is 60.8 cm³/mol. The lowest BCUT2D eigenvalue weighted by atomic mass is 10.1. The Hall–Kier alpha value is -1.58. The zero-order valence-electron chi connectivity index (χ0n) is 9.61. The molecule has 0 aromatic rings. The molecule has 0 saturated heterocycles. The number of carbonyl (C=O) groups excluding carboxylic acids is 2. The van der Waals surface area contributed by atoms with Crippen molar-refractivity contribution in [3.63, 3.8) is 0 Å². The molecule has 0 aliphatic rings. The van der Waals surface area contributed by atoms with Gasteiger partial charge in [-0.05, 0) is 19.3 Å². The van der Waals surface area contributed by atoms with Crippen LogP contribution >= 0.6 is 0 Å². The Labute approximate surface area is 95.9 Å². The fraction of sp³-hybridized carbons (Fsp3) is 0.500. The minimum absolute atomic E-state index is 0.145. The van der Waals surface area contributed by atoms with E-state index in [0.29, 0.717) is 19.4 Å². The molecule has 0 amide bonds. The topological polar surface area (TPSA) is 52.6 Å². The highest BCUT2D eigenvalue weighted by atomic mass is 16.5. The molecular formula is C12H18O4. The van der Waals surface area contributed by atoms with Gasteiger partial charge in [-0.15, -0.1) is 0 Å². The normalized spacial score (nSPS) is 11.3. The van der Waals surface area contributed by atoms with E-state index in [0.717, 1.165) is 18.6 Å². The molecule has 0 N–H and O–H groups in total. The Bertz CT molecular complexity index is 258. The molecule has 0 radical (unpaired) electrons. The molecule has 16 heavy (non-hydrogen) atoms. The molecule has 4 heteroatoms. The summed E-state index contributed by atoms with van der Waals surface area (Å²) in [6, 6.07) is 0. The summed E-state index contributed by atoms with van der Waals surface area (Å²) < 4.78 is 9.86. The molecule has 0 bridgehead atoms. The minimum atomic E-state index is -0.434. The van der Waals surface area contributed by atoms with Crippen LogP contribution < -0.4 is 0 Å².